The van der Waals surface area contributed by atoms with Gasteiger partial charge in [0, 0.05) is 12.2 Å². The van der Waals surface area contributed by atoms with E-state index in [-0.39, 0.29) is 11.8 Å². The van der Waals surface area contributed by atoms with E-state index in [1.54, 1.807) is 12.4 Å². The fourth-order valence-electron chi connectivity index (χ4n) is 2.11. The Balaban J connectivity index is 1.79. The summed E-state index contributed by atoms with van der Waals surface area (Å²) in [6.45, 7) is 0.624. The minimum absolute atomic E-state index is 0.0396. The monoisotopic (exact) mass is 240 g/mol. The molecule has 0 saturated heterocycles. The molecule has 2 N–H and O–H groups in total. The van der Waals surface area contributed by atoms with Crippen LogP contribution in [0.5, 0.6) is 0 Å². The summed E-state index contributed by atoms with van der Waals surface area (Å²) in [5, 5.41) is 6.05. The number of amides is 1. The first-order chi connectivity index (χ1) is 8.84. The quantitative estimate of drug-likeness (QED) is 0.837. The molecule has 0 spiro atoms. The standard InChI is InChI=1S/C13H12N4O/c18-13(17-9-5-14-8-15-6-9)11-7-16-12-4-2-1-3-10(11)12/h1-6,8,11,16H,7H2,(H,17,18). The number of hydrogen-bond acceptors (Lipinski definition) is 4. The van der Waals surface area contributed by atoms with Gasteiger partial charge in [-0.1, -0.05) is 18.2 Å². The second-order valence-electron chi connectivity index (χ2n) is 4.14. The predicted octanol–water partition coefficient (Wildman–Crippen LogP) is 1.62. The van der Waals surface area contributed by atoms with Gasteiger partial charge < -0.3 is 10.6 Å². The molecule has 5 heteroatoms. The molecule has 0 fully saturated rings. The fourth-order valence-corrected chi connectivity index (χ4v) is 2.11. The Kier molecular flexibility index (Phi) is 2.64. The molecule has 1 unspecified atom stereocenters. The van der Waals surface area contributed by atoms with Gasteiger partial charge in [0.15, 0.2) is 0 Å². The van der Waals surface area contributed by atoms with Gasteiger partial charge >= 0.3 is 0 Å². The number of fused-ring (bicyclic) bond motifs is 1. The summed E-state index contributed by atoms with van der Waals surface area (Å²) in [4.78, 5) is 19.9. The number of nitrogens with zero attached hydrogens (tertiary/aromatic N) is 2. The van der Waals surface area contributed by atoms with Crippen LogP contribution in [0.3, 0.4) is 0 Å². The molecule has 0 saturated carbocycles. The van der Waals surface area contributed by atoms with Crippen molar-refractivity contribution in [3.05, 3.63) is 48.5 Å². The molecule has 1 aliphatic heterocycles. The van der Waals surface area contributed by atoms with Crippen LogP contribution in [-0.4, -0.2) is 22.4 Å². The third-order valence-corrected chi connectivity index (χ3v) is 2.98. The Morgan fingerprint density at radius 1 is 1.28 bits per heavy atom. The molecular formula is C13H12N4O. The third kappa shape index (κ3) is 1.90. The molecule has 1 atom stereocenters. The van der Waals surface area contributed by atoms with Gasteiger partial charge in [0.1, 0.15) is 6.33 Å². The largest absolute Gasteiger partial charge is 0.384 e. The molecule has 90 valence electrons. The summed E-state index contributed by atoms with van der Waals surface area (Å²) >= 11 is 0. The fraction of sp³-hybridized carbons (Fsp3) is 0.154. The molecule has 3 rings (SSSR count). The van der Waals surface area contributed by atoms with Crippen molar-refractivity contribution in [2.75, 3.05) is 17.2 Å². The minimum atomic E-state index is -0.165. The van der Waals surface area contributed by atoms with Crippen molar-refractivity contribution in [2.45, 2.75) is 5.92 Å². The molecule has 1 aromatic carbocycles. The Morgan fingerprint density at radius 2 is 2.06 bits per heavy atom. The van der Waals surface area contributed by atoms with E-state index in [4.69, 9.17) is 0 Å². The molecule has 5 nitrogen and oxygen atoms in total. The second-order valence-corrected chi connectivity index (χ2v) is 4.14. The molecule has 2 heterocycles. The lowest BCUT2D eigenvalue weighted by Gasteiger charge is -2.10. The van der Waals surface area contributed by atoms with Crippen LogP contribution >= 0.6 is 0 Å². The first-order valence-corrected chi connectivity index (χ1v) is 5.73. The SMILES string of the molecule is O=C(Nc1cncnc1)C1CNc2ccccc21. The zero-order chi connectivity index (χ0) is 12.4. The summed E-state index contributed by atoms with van der Waals surface area (Å²) in [6.07, 6.45) is 4.60. The summed E-state index contributed by atoms with van der Waals surface area (Å²) < 4.78 is 0. The molecule has 2 aromatic rings. The van der Waals surface area contributed by atoms with E-state index in [0.717, 1.165) is 11.3 Å². The van der Waals surface area contributed by atoms with Crippen molar-refractivity contribution in [1.29, 1.82) is 0 Å². The van der Waals surface area contributed by atoms with Crippen LogP contribution in [0, 0.1) is 0 Å². The van der Waals surface area contributed by atoms with Crippen LogP contribution in [0.25, 0.3) is 0 Å². The van der Waals surface area contributed by atoms with Crippen molar-refractivity contribution < 1.29 is 4.79 Å². The van der Waals surface area contributed by atoms with Crippen LogP contribution < -0.4 is 10.6 Å². The first-order valence-electron chi connectivity index (χ1n) is 5.73. The summed E-state index contributed by atoms with van der Waals surface area (Å²) in [5.74, 6) is -0.205. The highest BCUT2D eigenvalue weighted by molar-refractivity contribution is 5.98. The number of para-hydroxylation sites is 1. The summed E-state index contributed by atoms with van der Waals surface area (Å²) in [5.41, 5.74) is 2.68. The normalized spacial score (nSPS) is 16.8. The topological polar surface area (TPSA) is 66.9 Å². The molecule has 1 amide bonds. The molecule has 1 aliphatic rings. The van der Waals surface area contributed by atoms with E-state index in [0.29, 0.717) is 12.2 Å². The predicted molar refractivity (Wildman–Crippen MR) is 68.3 cm³/mol. The van der Waals surface area contributed by atoms with Crippen LogP contribution in [0.15, 0.2) is 43.0 Å². The number of carbonyl (C=O) groups excluding carboxylic acids is 1. The van der Waals surface area contributed by atoms with Crippen molar-refractivity contribution >= 4 is 17.3 Å². The Hall–Kier alpha value is -2.43. The second kappa shape index (κ2) is 4.44. The van der Waals surface area contributed by atoms with Gasteiger partial charge in [-0.25, -0.2) is 9.97 Å². The number of carbonyl (C=O) groups is 1. The third-order valence-electron chi connectivity index (χ3n) is 2.98. The molecule has 0 radical (unpaired) electrons. The highest BCUT2D eigenvalue weighted by Gasteiger charge is 2.28. The van der Waals surface area contributed by atoms with Gasteiger partial charge in [-0.2, -0.15) is 0 Å². The maximum atomic E-state index is 12.2. The Labute approximate surface area is 104 Å². The molecular weight excluding hydrogens is 228 g/mol. The van der Waals surface area contributed by atoms with Crippen molar-refractivity contribution in [2.24, 2.45) is 0 Å². The van der Waals surface area contributed by atoms with Crippen LogP contribution in [-0.2, 0) is 4.79 Å². The summed E-state index contributed by atoms with van der Waals surface area (Å²) in [6, 6.07) is 7.85. The lowest BCUT2D eigenvalue weighted by atomic mass is 10.0. The van der Waals surface area contributed by atoms with Crippen LogP contribution in [0.4, 0.5) is 11.4 Å². The Morgan fingerprint density at radius 3 is 2.89 bits per heavy atom. The molecule has 1 aromatic heterocycles. The number of nitrogens with one attached hydrogen (secondary N) is 2. The van der Waals surface area contributed by atoms with Gasteiger partial charge in [0.25, 0.3) is 0 Å². The van der Waals surface area contributed by atoms with Crippen LogP contribution in [0.2, 0.25) is 0 Å². The number of aromatic nitrogens is 2. The van der Waals surface area contributed by atoms with Gasteiger partial charge in [-0.15, -0.1) is 0 Å². The highest BCUT2D eigenvalue weighted by atomic mass is 16.1. The van der Waals surface area contributed by atoms with E-state index >= 15 is 0 Å². The lowest BCUT2D eigenvalue weighted by molar-refractivity contribution is -0.117. The molecule has 18 heavy (non-hydrogen) atoms. The summed E-state index contributed by atoms with van der Waals surface area (Å²) in [7, 11) is 0. The average molecular weight is 240 g/mol. The highest BCUT2D eigenvalue weighted by Crippen LogP contribution is 2.31. The number of benzene rings is 1. The Bertz CT molecular complexity index is 570. The molecule has 0 aliphatic carbocycles. The minimum Gasteiger partial charge on any atom is -0.384 e. The molecule has 0 bridgehead atoms. The first kappa shape index (κ1) is 10.7. The van der Waals surface area contributed by atoms with Crippen molar-refractivity contribution in [3.8, 4) is 0 Å². The average Bonchev–Trinajstić information content (AvgIpc) is 2.84. The smallest absolute Gasteiger partial charge is 0.233 e. The maximum absolute atomic E-state index is 12.2. The van der Waals surface area contributed by atoms with Crippen LogP contribution in [0.1, 0.15) is 11.5 Å². The number of rotatable bonds is 2. The number of hydrogen-bond donors (Lipinski definition) is 2. The zero-order valence-electron chi connectivity index (χ0n) is 9.63. The van der Waals surface area contributed by atoms with Gasteiger partial charge in [0.05, 0.1) is 24.0 Å². The van der Waals surface area contributed by atoms with Gasteiger partial charge in [-0.3, -0.25) is 4.79 Å². The maximum Gasteiger partial charge on any atom is 0.233 e. The van der Waals surface area contributed by atoms with Crippen molar-refractivity contribution in [1.82, 2.24) is 9.97 Å². The number of anilines is 2. The van der Waals surface area contributed by atoms with Gasteiger partial charge in [-0.05, 0) is 11.6 Å². The van der Waals surface area contributed by atoms with E-state index < -0.39 is 0 Å². The van der Waals surface area contributed by atoms with E-state index in [1.807, 2.05) is 24.3 Å². The van der Waals surface area contributed by atoms with E-state index in [2.05, 4.69) is 20.6 Å². The van der Waals surface area contributed by atoms with E-state index in [1.165, 1.54) is 6.33 Å². The van der Waals surface area contributed by atoms with Crippen molar-refractivity contribution in [3.63, 3.8) is 0 Å². The van der Waals surface area contributed by atoms with E-state index in [9.17, 15) is 4.79 Å². The lowest BCUT2D eigenvalue weighted by Crippen LogP contribution is -2.22. The van der Waals surface area contributed by atoms with Gasteiger partial charge in [0.2, 0.25) is 5.91 Å². The zero-order valence-corrected chi connectivity index (χ0v) is 9.63.